The van der Waals surface area contributed by atoms with Crippen LogP contribution >= 0.6 is 11.3 Å². The number of carbonyl (C=O) groups is 2. The molecule has 0 aliphatic heterocycles. The number of carboxylic acid groups (broad SMARTS) is 1. The largest absolute Gasteiger partial charge is 0.481 e. The van der Waals surface area contributed by atoms with Gasteiger partial charge in [0.1, 0.15) is 0 Å². The molecule has 2 N–H and O–H groups in total. The Balaban J connectivity index is 1.78. The van der Waals surface area contributed by atoms with Gasteiger partial charge in [0.15, 0.2) is 0 Å². The van der Waals surface area contributed by atoms with Gasteiger partial charge in [-0.15, -0.1) is 0 Å². The highest BCUT2D eigenvalue weighted by Gasteiger charge is 2.38. The zero-order valence-corrected chi connectivity index (χ0v) is 13.5. The maximum Gasteiger partial charge on any atom is 0.305 e. The van der Waals surface area contributed by atoms with Gasteiger partial charge in [-0.1, -0.05) is 30.3 Å². The van der Waals surface area contributed by atoms with E-state index in [-0.39, 0.29) is 18.2 Å². The van der Waals surface area contributed by atoms with E-state index in [4.69, 9.17) is 5.11 Å². The first-order valence-electron chi connectivity index (χ1n) is 7.74. The molecule has 5 heteroatoms. The van der Waals surface area contributed by atoms with E-state index in [1.807, 2.05) is 47.2 Å². The first-order valence-corrected chi connectivity index (χ1v) is 8.68. The highest BCUT2D eigenvalue weighted by Crippen LogP contribution is 2.43. The number of benzene rings is 1. The number of amides is 1. The third-order valence-electron chi connectivity index (χ3n) is 4.18. The van der Waals surface area contributed by atoms with E-state index in [2.05, 4.69) is 5.32 Å². The minimum absolute atomic E-state index is 0.0730. The molecule has 2 atom stereocenters. The van der Waals surface area contributed by atoms with Crippen molar-refractivity contribution in [3.8, 4) is 0 Å². The molecule has 2 unspecified atom stereocenters. The van der Waals surface area contributed by atoms with Crippen LogP contribution < -0.4 is 5.32 Å². The van der Waals surface area contributed by atoms with Crippen molar-refractivity contribution in [2.75, 3.05) is 0 Å². The van der Waals surface area contributed by atoms with Gasteiger partial charge in [-0.2, -0.15) is 11.3 Å². The summed E-state index contributed by atoms with van der Waals surface area (Å²) in [6, 6.07) is 11.1. The molecule has 1 aliphatic carbocycles. The summed E-state index contributed by atoms with van der Waals surface area (Å²) in [6.45, 7) is 0. The molecule has 0 bridgehead atoms. The number of carbonyl (C=O) groups excluding carboxylic acids is 1. The summed E-state index contributed by atoms with van der Waals surface area (Å²) in [5, 5.41) is 15.9. The molecule has 23 heavy (non-hydrogen) atoms. The number of hydrogen-bond donors (Lipinski definition) is 2. The fraction of sp³-hybridized carbons (Fsp3) is 0.333. The Hall–Kier alpha value is -2.14. The smallest absolute Gasteiger partial charge is 0.305 e. The zero-order valence-electron chi connectivity index (χ0n) is 12.6. The standard InChI is InChI=1S/C18H19NO3S/c20-16(21)10-15(14-8-9-23-11-14)19-18(22)17(13-6-7-13)12-4-2-1-3-5-12/h1-5,8-9,11,13,15,17H,6-7,10H2,(H,19,22)(H,20,21). The van der Waals surface area contributed by atoms with Crippen LogP contribution in [-0.4, -0.2) is 17.0 Å². The highest BCUT2D eigenvalue weighted by molar-refractivity contribution is 7.08. The molecule has 1 aromatic heterocycles. The molecule has 120 valence electrons. The Kier molecular flexibility index (Phi) is 4.76. The predicted molar refractivity (Wildman–Crippen MR) is 89.4 cm³/mol. The molecule has 3 rings (SSSR count). The van der Waals surface area contributed by atoms with Crippen molar-refractivity contribution < 1.29 is 14.7 Å². The van der Waals surface area contributed by atoms with Crippen LogP contribution in [-0.2, 0) is 9.59 Å². The van der Waals surface area contributed by atoms with Crippen molar-refractivity contribution >= 4 is 23.2 Å². The lowest BCUT2D eigenvalue weighted by Crippen LogP contribution is -2.34. The van der Waals surface area contributed by atoms with Crippen molar-refractivity contribution in [3.05, 3.63) is 58.3 Å². The Morgan fingerprint density at radius 3 is 2.48 bits per heavy atom. The maximum atomic E-state index is 12.8. The van der Waals surface area contributed by atoms with Gasteiger partial charge in [-0.05, 0) is 46.7 Å². The predicted octanol–water partition coefficient (Wildman–Crippen LogP) is 3.57. The van der Waals surface area contributed by atoms with Crippen LogP contribution in [0.3, 0.4) is 0 Å². The van der Waals surface area contributed by atoms with Gasteiger partial charge >= 0.3 is 5.97 Å². The van der Waals surface area contributed by atoms with Gasteiger partial charge in [-0.3, -0.25) is 9.59 Å². The molecule has 1 heterocycles. The number of thiophene rings is 1. The second-order valence-electron chi connectivity index (χ2n) is 5.94. The Morgan fingerprint density at radius 1 is 1.17 bits per heavy atom. The fourth-order valence-corrected chi connectivity index (χ4v) is 3.60. The van der Waals surface area contributed by atoms with Crippen LogP contribution in [0.15, 0.2) is 47.2 Å². The lowest BCUT2D eigenvalue weighted by Gasteiger charge is -2.21. The molecule has 2 aromatic rings. The van der Waals surface area contributed by atoms with E-state index >= 15 is 0 Å². The maximum absolute atomic E-state index is 12.8. The average molecular weight is 329 g/mol. The third kappa shape index (κ3) is 3.99. The SMILES string of the molecule is O=C(O)CC(NC(=O)C(c1ccccc1)C1CC1)c1ccsc1. The second kappa shape index (κ2) is 6.96. The summed E-state index contributed by atoms with van der Waals surface area (Å²) in [4.78, 5) is 23.9. The average Bonchev–Trinajstić information content (AvgIpc) is 3.19. The molecular formula is C18H19NO3S. The van der Waals surface area contributed by atoms with Gasteiger partial charge in [0.2, 0.25) is 5.91 Å². The number of nitrogens with one attached hydrogen (secondary N) is 1. The molecule has 1 aliphatic rings. The number of rotatable bonds is 7. The van der Waals surface area contributed by atoms with E-state index < -0.39 is 12.0 Å². The van der Waals surface area contributed by atoms with Gasteiger partial charge in [0, 0.05) is 0 Å². The van der Waals surface area contributed by atoms with Crippen molar-refractivity contribution in [1.29, 1.82) is 0 Å². The third-order valence-corrected chi connectivity index (χ3v) is 4.88. The van der Waals surface area contributed by atoms with E-state index in [1.54, 1.807) is 0 Å². The number of carboxylic acids is 1. The first-order chi connectivity index (χ1) is 11.1. The van der Waals surface area contributed by atoms with Crippen LogP contribution in [0.4, 0.5) is 0 Å². The summed E-state index contributed by atoms with van der Waals surface area (Å²) < 4.78 is 0. The van der Waals surface area contributed by atoms with Gasteiger partial charge in [-0.25, -0.2) is 0 Å². The van der Waals surface area contributed by atoms with E-state index in [0.29, 0.717) is 5.92 Å². The quantitative estimate of drug-likeness (QED) is 0.816. The molecule has 1 amide bonds. The highest BCUT2D eigenvalue weighted by atomic mass is 32.1. The molecule has 1 fully saturated rings. The minimum atomic E-state index is -0.913. The van der Waals surface area contributed by atoms with Gasteiger partial charge < -0.3 is 10.4 Å². The van der Waals surface area contributed by atoms with Gasteiger partial charge in [0.25, 0.3) is 0 Å². The molecule has 4 nitrogen and oxygen atoms in total. The van der Waals surface area contributed by atoms with Crippen LogP contribution in [0.5, 0.6) is 0 Å². The molecule has 1 aromatic carbocycles. The molecule has 0 radical (unpaired) electrons. The van der Waals surface area contributed by atoms with Crippen LogP contribution in [0.1, 0.15) is 42.3 Å². The van der Waals surface area contributed by atoms with Gasteiger partial charge in [0.05, 0.1) is 18.4 Å². The molecule has 0 saturated heterocycles. The van der Waals surface area contributed by atoms with Crippen molar-refractivity contribution in [2.24, 2.45) is 5.92 Å². The summed E-state index contributed by atoms with van der Waals surface area (Å²) in [7, 11) is 0. The number of aliphatic carboxylic acids is 1. The normalized spacial score (nSPS) is 16.5. The molecule has 0 spiro atoms. The summed E-state index contributed by atoms with van der Waals surface area (Å²) in [5.41, 5.74) is 1.86. The van der Waals surface area contributed by atoms with E-state index in [9.17, 15) is 9.59 Å². The van der Waals surface area contributed by atoms with Crippen molar-refractivity contribution in [3.63, 3.8) is 0 Å². The topological polar surface area (TPSA) is 66.4 Å². The van der Waals surface area contributed by atoms with Crippen molar-refractivity contribution in [1.82, 2.24) is 5.32 Å². The Labute approximate surface area is 139 Å². The second-order valence-corrected chi connectivity index (χ2v) is 6.72. The van der Waals surface area contributed by atoms with Crippen molar-refractivity contribution in [2.45, 2.75) is 31.2 Å². The lowest BCUT2D eigenvalue weighted by atomic mass is 9.92. The number of hydrogen-bond acceptors (Lipinski definition) is 3. The molecule has 1 saturated carbocycles. The lowest BCUT2D eigenvalue weighted by molar-refractivity contribution is -0.137. The van der Waals surface area contributed by atoms with E-state index in [0.717, 1.165) is 24.0 Å². The van der Waals surface area contributed by atoms with Crippen LogP contribution in [0.25, 0.3) is 0 Å². The Morgan fingerprint density at radius 2 is 1.91 bits per heavy atom. The van der Waals surface area contributed by atoms with Crippen LogP contribution in [0, 0.1) is 5.92 Å². The summed E-state index contributed by atoms with van der Waals surface area (Å²) in [5.74, 6) is -0.809. The summed E-state index contributed by atoms with van der Waals surface area (Å²) >= 11 is 1.50. The Bertz CT molecular complexity index is 665. The molecular weight excluding hydrogens is 310 g/mol. The zero-order chi connectivity index (χ0) is 16.2. The summed E-state index contributed by atoms with van der Waals surface area (Å²) in [6.07, 6.45) is 2.00. The minimum Gasteiger partial charge on any atom is -0.481 e. The first kappa shape index (κ1) is 15.7. The van der Waals surface area contributed by atoms with E-state index in [1.165, 1.54) is 11.3 Å². The fourth-order valence-electron chi connectivity index (χ4n) is 2.89. The monoisotopic (exact) mass is 329 g/mol. The van der Waals surface area contributed by atoms with Crippen LogP contribution in [0.2, 0.25) is 0 Å².